The summed E-state index contributed by atoms with van der Waals surface area (Å²) >= 11 is 0. The Morgan fingerprint density at radius 2 is 1.43 bits per heavy atom. The van der Waals surface area contributed by atoms with Gasteiger partial charge in [0.25, 0.3) is 5.91 Å². The first kappa shape index (κ1) is 29.5. The van der Waals surface area contributed by atoms with Crippen LogP contribution in [0.15, 0.2) is 65.8 Å². The molecule has 0 atom stereocenters. The predicted molar refractivity (Wildman–Crippen MR) is 148 cm³/mol. The van der Waals surface area contributed by atoms with Crippen LogP contribution in [-0.4, -0.2) is 30.5 Å². The summed E-state index contributed by atoms with van der Waals surface area (Å²) < 4.78 is 5.27. The normalized spacial score (nSPS) is 11.1. The quantitative estimate of drug-likeness (QED) is 0.0710. The maximum atomic E-state index is 12.0. The Bertz CT molecular complexity index is 1000. The molecule has 2 rings (SSSR count). The summed E-state index contributed by atoms with van der Waals surface area (Å²) in [6.07, 6.45) is 15.7. The standard InChI is InChI=1S/C30H39N3O4/c1-2-3-4-5-6-7-8-9-13-16-28(34)31-24-29(35)33-32-23-26-17-20-27(21-18-26)37-30(36)22-19-25-14-11-10-12-15-25/h10-12,14-15,17-23H,2-9,13,16,24H2,1H3,(H,31,34)(H,33,35)/b22-19+,32-23+. The van der Waals surface area contributed by atoms with Gasteiger partial charge in [0, 0.05) is 12.5 Å². The first-order valence-corrected chi connectivity index (χ1v) is 13.2. The lowest BCUT2D eigenvalue weighted by Gasteiger charge is -2.05. The molecule has 0 aliphatic carbocycles. The van der Waals surface area contributed by atoms with Crippen molar-refractivity contribution in [1.82, 2.24) is 10.7 Å². The number of carbonyl (C=O) groups is 3. The fraction of sp³-hybridized carbons (Fsp3) is 0.400. The Labute approximate surface area is 220 Å². The lowest BCUT2D eigenvalue weighted by Crippen LogP contribution is -2.34. The number of nitrogens with one attached hydrogen (secondary N) is 2. The van der Waals surface area contributed by atoms with E-state index in [0.717, 1.165) is 24.8 Å². The number of rotatable bonds is 17. The van der Waals surface area contributed by atoms with E-state index in [1.54, 1.807) is 30.3 Å². The Hall–Kier alpha value is -3.74. The number of unbranched alkanes of at least 4 members (excludes halogenated alkanes) is 8. The minimum absolute atomic E-state index is 0.112. The molecule has 0 spiro atoms. The molecule has 0 aliphatic rings. The first-order chi connectivity index (χ1) is 18.1. The van der Waals surface area contributed by atoms with Gasteiger partial charge in [0.1, 0.15) is 5.75 Å². The SMILES string of the molecule is CCCCCCCCCCCC(=O)NCC(=O)N/N=C/c1ccc(OC(=O)/C=C/c2ccccc2)cc1. The Morgan fingerprint density at radius 3 is 2.11 bits per heavy atom. The second-order valence-electron chi connectivity index (χ2n) is 8.88. The molecular formula is C30H39N3O4. The zero-order valence-corrected chi connectivity index (χ0v) is 21.8. The van der Waals surface area contributed by atoms with Gasteiger partial charge in [-0.05, 0) is 47.9 Å². The minimum atomic E-state index is -0.475. The van der Waals surface area contributed by atoms with Crippen molar-refractivity contribution in [3.05, 3.63) is 71.8 Å². The molecule has 0 heterocycles. The second kappa shape index (κ2) is 18.5. The summed E-state index contributed by atoms with van der Waals surface area (Å²) in [6, 6.07) is 16.2. The van der Waals surface area contributed by atoms with Gasteiger partial charge >= 0.3 is 5.97 Å². The fourth-order valence-corrected chi connectivity index (χ4v) is 3.58. The van der Waals surface area contributed by atoms with E-state index in [2.05, 4.69) is 22.8 Å². The van der Waals surface area contributed by atoms with Gasteiger partial charge in [-0.15, -0.1) is 0 Å². The van der Waals surface area contributed by atoms with Crippen molar-refractivity contribution in [3.8, 4) is 5.75 Å². The zero-order chi connectivity index (χ0) is 26.6. The summed E-state index contributed by atoms with van der Waals surface area (Å²) in [7, 11) is 0. The number of carbonyl (C=O) groups excluding carboxylic acids is 3. The van der Waals surface area contributed by atoms with Gasteiger partial charge < -0.3 is 10.1 Å². The van der Waals surface area contributed by atoms with Crippen molar-refractivity contribution in [2.45, 2.75) is 71.1 Å². The highest BCUT2D eigenvalue weighted by molar-refractivity contribution is 5.89. The molecular weight excluding hydrogens is 466 g/mol. The van der Waals surface area contributed by atoms with Crippen molar-refractivity contribution in [1.29, 1.82) is 0 Å². The van der Waals surface area contributed by atoms with Crippen LogP contribution in [0.1, 0.15) is 82.3 Å². The number of hydrogen-bond acceptors (Lipinski definition) is 5. The van der Waals surface area contributed by atoms with E-state index in [-0.39, 0.29) is 12.5 Å². The molecule has 0 bridgehead atoms. The lowest BCUT2D eigenvalue weighted by atomic mass is 10.1. The van der Waals surface area contributed by atoms with Crippen LogP contribution in [-0.2, 0) is 14.4 Å². The fourth-order valence-electron chi connectivity index (χ4n) is 3.58. The topological polar surface area (TPSA) is 96.9 Å². The van der Waals surface area contributed by atoms with Gasteiger partial charge in [0.15, 0.2) is 0 Å². The maximum Gasteiger partial charge on any atom is 0.336 e. The number of ether oxygens (including phenoxy) is 1. The average Bonchev–Trinajstić information content (AvgIpc) is 2.91. The predicted octanol–water partition coefficient (Wildman–Crippen LogP) is 5.79. The number of esters is 1. The molecule has 0 fully saturated rings. The number of amides is 2. The summed E-state index contributed by atoms with van der Waals surface area (Å²) in [5.41, 5.74) is 4.02. The van der Waals surface area contributed by atoms with E-state index in [0.29, 0.717) is 17.7 Å². The summed E-state index contributed by atoms with van der Waals surface area (Å²) in [5, 5.41) is 6.52. The molecule has 2 amide bonds. The number of nitrogens with zero attached hydrogens (tertiary/aromatic N) is 1. The van der Waals surface area contributed by atoms with Gasteiger partial charge in [-0.1, -0.05) is 88.6 Å². The first-order valence-electron chi connectivity index (χ1n) is 13.2. The molecule has 0 aliphatic heterocycles. The molecule has 0 unspecified atom stereocenters. The second-order valence-corrected chi connectivity index (χ2v) is 8.88. The molecule has 2 N–H and O–H groups in total. The van der Waals surface area contributed by atoms with Crippen molar-refractivity contribution in [2.24, 2.45) is 5.10 Å². The molecule has 0 aromatic heterocycles. The summed E-state index contributed by atoms with van der Waals surface area (Å²) in [4.78, 5) is 35.8. The monoisotopic (exact) mass is 505 g/mol. The van der Waals surface area contributed by atoms with Gasteiger partial charge in [-0.25, -0.2) is 10.2 Å². The highest BCUT2D eigenvalue weighted by Crippen LogP contribution is 2.12. The Balaban J connectivity index is 1.56. The highest BCUT2D eigenvalue weighted by atomic mass is 16.5. The minimum Gasteiger partial charge on any atom is -0.423 e. The summed E-state index contributed by atoms with van der Waals surface area (Å²) in [6.45, 7) is 2.11. The third-order valence-corrected chi connectivity index (χ3v) is 5.67. The van der Waals surface area contributed by atoms with E-state index in [1.807, 2.05) is 30.3 Å². The van der Waals surface area contributed by atoms with Crippen molar-refractivity contribution in [2.75, 3.05) is 6.54 Å². The lowest BCUT2D eigenvalue weighted by molar-refractivity contribution is -0.129. The van der Waals surface area contributed by atoms with E-state index in [4.69, 9.17) is 4.74 Å². The molecule has 2 aromatic carbocycles. The van der Waals surface area contributed by atoms with E-state index < -0.39 is 11.9 Å². The van der Waals surface area contributed by atoms with E-state index in [1.165, 1.54) is 50.8 Å². The van der Waals surface area contributed by atoms with Gasteiger partial charge in [0.05, 0.1) is 12.8 Å². The average molecular weight is 506 g/mol. The van der Waals surface area contributed by atoms with Crippen LogP contribution in [0.2, 0.25) is 0 Å². The van der Waals surface area contributed by atoms with E-state index in [9.17, 15) is 14.4 Å². The van der Waals surface area contributed by atoms with Crippen LogP contribution in [0.4, 0.5) is 0 Å². The van der Waals surface area contributed by atoms with Crippen molar-refractivity contribution < 1.29 is 19.1 Å². The van der Waals surface area contributed by atoms with Gasteiger partial charge in [-0.2, -0.15) is 5.10 Å². The molecule has 0 saturated carbocycles. The van der Waals surface area contributed by atoms with Gasteiger partial charge in [0.2, 0.25) is 5.91 Å². The molecule has 7 heteroatoms. The van der Waals surface area contributed by atoms with E-state index >= 15 is 0 Å². The van der Waals surface area contributed by atoms with Gasteiger partial charge in [-0.3, -0.25) is 9.59 Å². The van der Waals surface area contributed by atoms with Crippen LogP contribution in [0.3, 0.4) is 0 Å². The Morgan fingerprint density at radius 1 is 0.784 bits per heavy atom. The third kappa shape index (κ3) is 14.4. The largest absolute Gasteiger partial charge is 0.423 e. The highest BCUT2D eigenvalue weighted by Gasteiger charge is 2.05. The molecule has 2 aromatic rings. The molecule has 198 valence electrons. The molecule has 0 radical (unpaired) electrons. The van der Waals surface area contributed by atoms with Crippen LogP contribution < -0.4 is 15.5 Å². The molecule has 7 nitrogen and oxygen atoms in total. The van der Waals surface area contributed by atoms with Crippen LogP contribution in [0.5, 0.6) is 5.75 Å². The van der Waals surface area contributed by atoms with Crippen LogP contribution in [0.25, 0.3) is 6.08 Å². The zero-order valence-electron chi connectivity index (χ0n) is 21.8. The summed E-state index contributed by atoms with van der Waals surface area (Å²) in [5.74, 6) is -0.589. The third-order valence-electron chi connectivity index (χ3n) is 5.67. The number of benzene rings is 2. The number of hydrogen-bond donors (Lipinski definition) is 2. The smallest absolute Gasteiger partial charge is 0.336 e. The van der Waals surface area contributed by atoms with Crippen molar-refractivity contribution >= 4 is 30.1 Å². The Kier molecular flexibility index (Phi) is 14.8. The van der Waals surface area contributed by atoms with Crippen molar-refractivity contribution in [3.63, 3.8) is 0 Å². The number of hydrazone groups is 1. The maximum absolute atomic E-state index is 12.0. The van der Waals surface area contributed by atoms with Crippen LogP contribution >= 0.6 is 0 Å². The molecule has 37 heavy (non-hydrogen) atoms. The molecule has 0 saturated heterocycles. The van der Waals surface area contributed by atoms with Crippen LogP contribution in [0, 0.1) is 0 Å².